The second-order valence-electron chi connectivity index (χ2n) is 5.96. The number of halogens is 1. The van der Waals surface area contributed by atoms with Gasteiger partial charge >= 0.3 is 6.09 Å². The summed E-state index contributed by atoms with van der Waals surface area (Å²) in [6.07, 6.45) is 1.37. The number of carbonyl (C=O) groups excluding carboxylic acids is 1. The molecule has 2 N–H and O–H groups in total. The molecule has 106 valence electrons. The van der Waals surface area contributed by atoms with Crippen molar-refractivity contribution in [1.82, 2.24) is 4.90 Å². The molecule has 1 amide bonds. The van der Waals surface area contributed by atoms with Crippen LogP contribution in [0.4, 0.5) is 4.79 Å². The molecule has 0 spiro atoms. The SMILES string of the molecule is CC(C)(C)OC(=O)N1[C@@H]2COC[C@H]1CC(N)C2.Cl. The standard InChI is InChI=1S/C12H22N2O3.ClH/c1-12(2,3)17-11(15)14-9-4-8(13)5-10(14)7-16-6-9;/h8-10H,4-7,13H2,1-3H3;1H/t8?,9-,10+;. The van der Waals surface area contributed by atoms with Crippen LogP contribution < -0.4 is 5.73 Å². The van der Waals surface area contributed by atoms with Gasteiger partial charge in [0.05, 0.1) is 25.3 Å². The summed E-state index contributed by atoms with van der Waals surface area (Å²) in [7, 11) is 0. The Balaban J connectivity index is 0.00000162. The molecule has 2 rings (SSSR count). The number of rotatable bonds is 0. The molecule has 0 aliphatic carbocycles. The highest BCUT2D eigenvalue weighted by molar-refractivity contribution is 5.85. The number of nitrogens with two attached hydrogens (primary N) is 1. The fourth-order valence-electron chi connectivity index (χ4n) is 2.57. The van der Waals surface area contributed by atoms with Gasteiger partial charge in [-0.2, -0.15) is 0 Å². The zero-order valence-electron chi connectivity index (χ0n) is 11.2. The molecule has 6 heteroatoms. The third-order valence-electron chi connectivity index (χ3n) is 3.16. The van der Waals surface area contributed by atoms with Crippen molar-refractivity contribution in [2.45, 2.75) is 57.3 Å². The fourth-order valence-corrected chi connectivity index (χ4v) is 2.57. The van der Waals surface area contributed by atoms with Crippen molar-refractivity contribution >= 4 is 18.5 Å². The van der Waals surface area contributed by atoms with Crippen LogP contribution in [0.25, 0.3) is 0 Å². The molecule has 0 aromatic rings. The first-order valence-corrected chi connectivity index (χ1v) is 6.21. The van der Waals surface area contributed by atoms with Crippen LogP contribution in [0.5, 0.6) is 0 Å². The number of carbonyl (C=O) groups is 1. The molecule has 0 aromatic heterocycles. The van der Waals surface area contributed by atoms with E-state index in [0.29, 0.717) is 13.2 Å². The van der Waals surface area contributed by atoms with E-state index < -0.39 is 5.60 Å². The molecule has 3 atom stereocenters. The van der Waals surface area contributed by atoms with Gasteiger partial charge in [0.25, 0.3) is 0 Å². The van der Waals surface area contributed by atoms with Crippen molar-refractivity contribution in [3.8, 4) is 0 Å². The van der Waals surface area contributed by atoms with Crippen molar-refractivity contribution in [2.75, 3.05) is 13.2 Å². The molecule has 2 saturated heterocycles. The quantitative estimate of drug-likeness (QED) is 0.730. The molecule has 2 fully saturated rings. The lowest BCUT2D eigenvalue weighted by Crippen LogP contribution is -2.62. The van der Waals surface area contributed by atoms with Crippen LogP contribution in [0, 0.1) is 0 Å². The zero-order chi connectivity index (χ0) is 12.6. The van der Waals surface area contributed by atoms with E-state index in [1.54, 1.807) is 0 Å². The Kier molecular flexibility index (Phi) is 4.86. The smallest absolute Gasteiger partial charge is 0.410 e. The van der Waals surface area contributed by atoms with Gasteiger partial charge in [-0.15, -0.1) is 12.4 Å². The van der Waals surface area contributed by atoms with E-state index in [1.165, 1.54) is 0 Å². The van der Waals surface area contributed by atoms with Crippen molar-refractivity contribution in [2.24, 2.45) is 5.73 Å². The normalized spacial score (nSPS) is 31.6. The van der Waals surface area contributed by atoms with Crippen LogP contribution in [0.15, 0.2) is 0 Å². The van der Waals surface area contributed by atoms with Crippen molar-refractivity contribution in [1.29, 1.82) is 0 Å². The first-order chi connectivity index (χ1) is 7.87. The van der Waals surface area contributed by atoms with Crippen LogP contribution in [-0.2, 0) is 9.47 Å². The molecule has 2 heterocycles. The third-order valence-corrected chi connectivity index (χ3v) is 3.16. The maximum atomic E-state index is 12.1. The summed E-state index contributed by atoms with van der Waals surface area (Å²) >= 11 is 0. The summed E-state index contributed by atoms with van der Waals surface area (Å²) < 4.78 is 10.9. The van der Waals surface area contributed by atoms with Gasteiger partial charge in [0, 0.05) is 6.04 Å². The molecule has 18 heavy (non-hydrogen) atoms. The Labute approximate surface area is 114 Å². The molecule has 2 bridgehead atoms. The lowest BCUT2D eigenvalue weighted by Gasteiger charge is -2.47. The van der Waals surface area contributed by atoms with Gasteiger partial charge in [-0.05, 0) is 33.6 Å². The third kappa shape index (κ3) is 3.49. The topological polar surface area (TPSA) is 64.8 Å². The van der Waals surface area contributed by atoms with Crippen LogP contribution in [0.1, 0.15) is 33.6 Å². The summed E-state index contributed by atoms with van der Waals surface area (Å²) in [6.45, 7) is 6.79. The van der Waals surface area contributed by atoms with E-state index in [2.05, 4.69) is 0 Å². The predicted molar refractivity (Wildman–Crippen MR) is 70.9 cm³/mol. The molecule has 0 saturated carbocycles. The van der Waals surface area contributed by atoms with E-state index >= 15 is 0 Å². The molecule has 5 nitrogen and oxygen atoms in total. The summed E-state index contributed by atoms with van der Waals surface area (Å²) in [5.41, 5.74) is 5.53. The summed E-state index contributed by atoms with van der Waals surface area (Å²) in [6, 6.07) is 0.326. The number of hydrogen-bond donors (Lipinski definition) is 1. The zero-order valence-corrected chi connectivity index (χ0v) is 12.0. The second kappa shape index (κ2) is 5.63. The molecule has 0 radical (unpaired) electrons. The monoisotopic (exact) mass is 278 g/mol. The van der Waals surface area contributed by atoms with Crippen molar-refractivity contribution < 1.29 is 14.3 Å². The highest BCUT2D eigenvalue weighted by Gasteiger charge is 2.42. The highest BCUT2D eigenvalue weighted by Crippen LogP contribution is 2.28. The number of ether oxygens (including phenoxy) is 2. The average molecular weight is 279 g/mol. The molecule has 0 aromatic carbocycles. The second-order valence-corrected chi connectivity index (χ2v) is 5.96. The van der Waals surface area contributed by atoms with Gasteiger partial charge in [-0.25, -0.2) is 4.79 Å². The summed E-state index contributed by atoms with van der Waals surface area (Å²) in [4.78, 5) is 14.0. The predicted octanol–water partition coefficient (Wildman–Crippen LogP) is 1.53. The minimum absolute atomic E-state index is 0. The first kappa shape index (κ1) is 15.5. The molecule has 1 unspecified atom stereocenters. The molecule has 2 aliphatic heterocycles. The number of fused-ring (bicyclic) bond motifs is 2. The van der Waals surface area contributed by atoms with Crippen LogP contribution in [-0.4, -0.2) is 47.9 Å². The lowest BCUT2D eigenvalue weighted by molar-refractivity contribution is -0.0817. The summed E-state index contributed by atoms with van der Waals surface area (Å²) in [5.74, 6) is 0. The van der Waals surface area contributed by atoms with Gasteiger partial charge in [0.2, 0.25) is 0 Å². The maximum Gasteiger partial charge on any atom is 0.410 e. The van der Waals surface area contributed by atoms with Crippen LogP contribution >= 0.6 is 12.4 Å². The maximum absolute atomic E-state index is 12.1. The number of amides is 1. The van der Waals surface area contributed by atoms with Gasteiger partial charge in [0.15, 0.2) is 0 Å². The number of hydrogen-bond acceptors (Lipinski definition) is 4. The fraction of sp³-hybridized carbons (Fsp3) is 0.917. The Bertz CT molecular complexity index is 292. The van der Waals surface area contributed by atoms with E-state index in [9.17, 15) is 4.79 Å². The first-order valence-electron chi connectivity index (χ1n) is 6.21. The van der Waals surface area contributed by atoms with Gasteiger partial charge in [-0.3, -0.25) is 4.90 Å². The number of piperidine rings is 1. The number of nitrogens with zero attached hydrogens (tertiary/aromatic N) is 1. The minimum Gasteiger partial charge on any atom is -0.444 e. The number of morpholine rings is 1. The van der Waals surface area contributed by atoms with Crippen LogP contribution in [0.3, 0.4) is 0 Å². The summed E-state index contributed by atoms with van der Waals surface area (Å²) in [5, 5.41) is 0. The van der Waals surface area contributed by atoms with E-state index in [1.807, 2.05) is 25.7 Å². The van der Waals surface area contributed by atoms with Crippen LogP contribution in [0.2, 0.25) is 0 Å². The van der Waals surface area contributed by atoms with Gasteiger partial charge in [-0.1, -0.05) is 0 Å². The lowest BCUT2D eigenvalue weighted by atomic mass is 9.91. The largest absolute Gasteiger partial charge is 0.444 e. The Morgan fingerprint density at radius 1 is 1.28 bits per heavy atom. The van der Waals surface area contributed by atoms with E-state index in [0.717, 1.165) is 12.8 Å². The van der Waals surface area contributed by atoms with E-state index in [4.69, 9.17) is 15.2 Å². The van der Waals surface area contributed by atoms with Gasteiger partial charge in [0.1, 0.15) is 5.60 Å². The Hall–Kier alpha value is -0.520. The van der Waals surface area contributed by atoms with E-state index in [-0.39, 0.29) is 36.6 Å². The van der Waals surface area contributed by atoms with Crippen molar-refractivity contribution in [3.05, 3.63) is 0 Å². The van der Waals surface area contributed by atoms with Crippen molar-refractivity contribution in [3.63, 3.8) is 0 Å². The highest BCUT2D eigenvalue weighted by atomic mass is 35.5. The molecule has 2 aliphatic rings. The molecular weight excluding hydrogens is 256 g/mol. The Morgan fingerprint density at radius 2 is 1.78 bits per heavy atom. The molecular formula is C12H23ClN2O3. The average Bonchev–Trinajstić information content (AvgIpc) is 2.12. The minimum atomic E-state index is -0.453. The van der Waals surface area contributed by atoms with Gasteiger partial charge < -0.3 is 15.2 Å². The Morgan fingerprint density at radius 3 is 2.22 bits per heavy atom.